The molecule has 0 saturated carbocycles. The van der Waals surface area contributed by atoms with Crippen LogP contribution in [0.3, 0.4) is 0 Å². The van der Waals surface area contributed by atoms with E-state index in [0.29, 0.717) is 25.2 Å². The molecule has 0 saturated heterocycles. The van der Waals surface area contributed by atoms with E-state index in [4.69, 9.17) is 0 Å². The normalized spacial score (nSPS) is 15.2. The van der Waals surface area contributed by atoms with Gasteiger partial charge in [-0.1, -0.05) is 0 Å². The Balaban J connectivity index is 2.01. The summed E-state index contributed by atoms with van der Waals surface area (Å²) in [4.78, 5) is 3.90. The number of nitrogens with zero attached hydrogens (tertiary/aromatic N) is 3. The number of rotatable bonds is 2. The van der Waals surface area contributed by atoms with Crippen LogP contribution < -0.4 is 5.32 Å². The molecule has 0 fully saturated rings. The summed E-state index contributed by atoms with van der Waals surface area (Å²) >= 11 is 0. The zero-order valence-electron chi connectivity index (χ0n) is 10.6. The molecule has 20 heavy (non-hydrogen) atoms. The fraction of sp³-hybridized carbons (Fsp3) is 0.385. The molecule has 0 spiro atoms. The molecule has 7 heteroatoms. The number of pyridine rings is 1. The lowest BCUT2D eigenvalue weighted by molar-refractivity contribution is -0.142. The summed E-state index contributed by atoms with van der Waals surface area (Å²) in [6, 6.07) is 3.56. The predicted octanol–water partition coefficient (Wildman–Crippen LogP) is 1.99. The Labute approximate surface area is 113 Å². The van der Waals surface area contributed by atoms with E-state index in [9.17, 15) is 13.2 Å². The second kappa shape index (κ2) is 4.90. The average molecular weight is 282 g/mol. The Morgan fingerprint density at radius 2 is 2.00 bits per heavy atom. The highest BCUT2D eigenvalue weighted by molar-refractivity contribution is 5.31. The van der Waals surface area contributed by atoms with Crippen molar-refractivity contribution in [1.29, 1.82) is 0 Å². The molecule has 0 radical (unpaired) electrons. The minimum atomic E-state index is -4.41. The van der Waals surface area contributed by atoms with Gasteiger partial charge >= 0.3 is 6.18 Å². The van der Waals surface area contributed by atoms with E-state index in [-0.39, 0.29) is 12.1 Å². The Bertz CT molecular complexity index is 604. The Morgan fingerprint density at radius 1 is 1.25 bits per heavy atom. The first kappa shape index (κ1) is 13.1. The van der Waals surface area contributed by atoms with Gasteiger partial charge in [0.25, 0.3) is 0 Å². The standard InChI is InChI=1S/C13H13F3N4/c14-13(15,16)12-10-7-18-6-3-11(10)20(19-12)8-9-1-4-17-5-2-9/h1-2,4-5,18H,3,6-8H2. The molecule has 2 aromatic heterocycles. The molecule has 1 aliphatic rings. The molecule has 106 valence electrons. The Kier molecular flexibility index (Phi) is 3.21. The lowest BCUT2D eigenvalue weighted by Crippen LogP contribution is -2.26. The zero-order valence-corrected chi connectivity index (χ0v) is 10.6. The Morgan fingerprint density at radius 3 is 2.70 bits per heavy atom. The molecule has 4 nitrogen and oxygen atoms in total. The van der Waals surface area contributed by atoms with Gasteiger partial charge in [-0.3, -0.25) is 9.67 Å². The minimum absolute atomic E-state index is 0.223. The highest BCUT2D eigenvalue weighted by atomic mass is 19.4. The molecule has 0 amide bonds. The number of halogens is 3. The molecule has 0 aliphatic carbocycles. The smallest absolute Gasteiger partial charge is 0.312 e. The number of nitrogens with one attached hydrogen (secondary N) is 1. The van der Waals surface area contributed by atoms with E-state index in [0.717, 1.165) is 5.56 Å². The van der Waals surface area contributed by atoms with Gasteiger partial charge in [0, 0.05) is 43.2 Å². The number of hydrogen-bond donors (Lipinski definition) is 1. The first-order chi connectivity index (χ1) is 9.55. The summed E-state index contributed by atoms with van der Waals surface area (Å²) in [7, 11) is 0. The largest absolute Gasteiger partial charge is 0.435 e. The maximum Gasteiger partial charge on any atom is 0.435 e. The van der Waals surface area contributed by atoms with Gasteiger partial charge in [-0.25, -0.2) is 0 Å². The summed E-state index contributed by atoms with van der Waals surface area (Å²) < 4.78 is 40.5. The fourth-order valence-electron chi connectivity index (χ4n) is 2.44. The minimum Gasteiger partial charge on any atom is -0.312 e. The molecule has 1 N–H and O–H groups in total. The van der Waals surface area contributed by atoms with Gasteiger partial charge in [0.2, 0.25) is 0 Å². The van der Waals surface area contributed by atoms with Gasteiger partial charge in [-0.05, 0) is 17.7 Å². The molecular formula is C13H13F3N4. The first-order valence-corrected chi connectivity index (χ1v) is 6.31. The maximum atomic E-state index is 13.0. The SMILES string of the molecule is FC(F)(F)c1nn(Cc2ccncc2)c2c1CNCC2. The molecule has 0 atom stereocenters. The molecule has 1 aliphatic heterocycles. The van der Waals surface area contributed by atoms with E-state index in [1.165, 1.54) is 4.68 Å². The van der Waals surface area contributed by atoms with Crippen molar-refractivity contribution in [2.45, 2.75) is 25.7 Å². The van der Waals surface area contributed by atoms with Crippen LogP contribution in [0.15, 0.2) is 24.5 Å². The van der Waals surface area contributed by atoms with Crippen LogP contribution in [0.4, 0.5) is 13.2 Å². The van der Waals surface area contributed by atoms with Crippen LogP contribution in [0.2, 0.25) is 0 Å². The number of fused-ring (bicyclic) bond motifs is 1. The van der Waals surface area contributed by atoms with E-state index >= 15 is 0 Å². The second-order valence-corrected chi connectivity index (χ2v) is 4.71. The summed E-state index contributed by atoms with van der Waals surface area (Å²) in [6.45, 7) is 1.23. The molecule has 0 aromatic carbocycles. The van der Waals surface area contributed by atoms with Gasteiger partial charge in [0.15, 0.2) is 5.69 Å². The monoisotopic (exact) mass is 282 g/mol. The third-order valence-corrected chi connectivity index (χ3v) is 3.36. The summed E-state index contributed by atoms with van der Waals surface area (Å²) in [5, 5.41) is 6.76. The molecule has 2 aromatic rings. The molecule has 3 rings (SSSR count). The van der Waals surface area contributed by atoms with Crippen LogP contribution in [0.25, 0.3) is 0 Å². The number of alkyl halides is 3. The van der Waals surface area contributed by atoms with Gasteiger partial charge in [-0.2, -0.15) is 18.3 Å². The van der Waals surface area contributed by atoms with Crippen LogP contribution in [0.1, 0.15) is 22.5 Å². The fourth-order valence-corrected chi connectivity index (χ4v) is 2.44. The van der Waals surface area contributed by atoms with Crippen molar-refractivity contribution in [2.75, 3.05) is 6.54 Å². The van der Waals surface area contributed by atoms with E-state index in [1.54, 1.807) is 24.5 Å². The van der Waals surface area contributed by atoms with Crippen LogP contribution in [-0.2, 0) is 25.7 Å². The summed E-state index contributed by atoms with van der Waals surface area (Å²) in [5.41, 5.74) is 1.07. The quantitative estimate of drug-likeness (QED) is 0.916. The predicted molar refractivity (Wildman–Crippen MR) is 66.0 cm³/mol. The van der Waals surface area contributed by atoms with Crippen LogP contribution in [-0.4, -0.2) is 21.3 Å². The lowest BCUT2D eigenvalue weighted by Gasteiger charge is -2.16. The average Bonchev–Trinajstić information content (AvgIpc) is 2.79. The van der Waals surface area contributed by atoms with E-state index in [1.807, 2.05) is 0 Å². The third kappa shape index (κ3) is 2.40. The van der Waals surface area contributed by atoms with E-state index < -0.39 is 11.9 Å². The number of aromatic nitrogens is 3. The van der Waals surface area contributed by atoms with E-state index in [2.05, 4.69) is 15.4 Å². The second-order valence-electron chi connectivity index (χ2n) is 4.71. The van der Waals surface area contributed by atoms with Crippen LogP contribution in [0.5, 0.6) is 0 Å². The highest BCUT2D eigenvalue weighted by Crippen LogP contribution is 2.33. The van der Waals surface area contributed by atoms with Gasteiger partial charge in [-0.15, -0.1) is 0 Å². The Hall–Kier alpha value is -1.89. The number of hydrogen-bond acceptors (Lipinski definition) is 3. The van der Waals surface area contributed by atoms with Gasteiger partial charge < -0.3 is 5.32 Å². The summed E-state index contributed by atoms with van der Waals surface area (Å²) in [5.74, 6) is 0. The van der Waals surface area contributed by atoms with Crippen molar-refractivity contribution in [1.82, 2.24) is 20.1 Å². The maximum absolute atomic E-state index is 13.0. The van der Waals surface area contributed by atoms with Crippen LogP contribution in [0, 0.1) is 0 Å². The molecule has 3 heterocycles. The molecule has 0 unspecified atom stereocenters. The topological polar surface area (TPSA) is 42.7 Å². The van der Waals surface area contributed by atoms with Crippen molar-refractivity contribution in [3.8, 4) is 0 Å². The van der Waals surface area contributed by atoms with Crippen molar-refractivity contribution >= 4 is 0 Å². The molecule has 0 bridgehead atoms. The lowest BCUT2D eigenvalue weighted by atomic mass is 10.1. The van der Waals surface area contributed by atoms with Crippen molar-refractivity contribution < 1.29 is 13.2 Å². The van der Waals surface area contributed by atoms with Gasteiger partial charge in [0.05, 0.1) is 6.54 Å². The zero-order chi connectivity index (χ0) is 14.2. The third-order valence-electron chi connectivity index (χ3n) is 3.36. The van der Waals surface area contributed by atoms with Crippen molar-refractivity contribution in [3.05, 3.63) is 47.0 Å². The van der Waals surface area contributed by atoms with Crippen molar-refractivity contribution in [3.63, 3.8) is 0 Å². The van der Waals surface area contributed by atoms with Crippen LogP contribution >= 0.6 is 0 Å². The summed E-state index contributed by atoms with van der Waals surface area (Å²) in [6.07, 6.45) is -0.606. The van der Waals surface area contributed by atoms with Crippen molar-refractivity contribution in [2.24, 2.45) is 0 Å². The highest BCUT2D eigenvalue weighted by Gasteiger charge is 2.39. The van der Waals surface area contributed by atoms with Gasteiger partial charge in [0.1, 0.15) is 0 Å². The molecular weight excluding hydrogens is 269 g/mol. The first-order valence-electron chi connectivity index (χ1n) is 6.31.